The van der Waals surface area contributed by atoms with Crippen LogP contribution in [0, 0.1) is 0 Å². The number of thiophene rings is 1. The van der Waals surface area contributed by atoms with Crippen LogP contribution in [0.15, 0.2) is 11.4 Å². The van der Waals surface area contributed by atoms with E-state index in [9.17, 15) is 4.79 Å². The van der Waals surface area contributed by atoms with E-state index in [-0.39, 0.29) is 5.97 Å². The highest BCUT2D eigenvalue weighted by molar-refractivity contribution is 7.10. The smallest absolute Gasteiger partial charge is 0.331 e. The molecule has 2 heterocycles. The Bertz CT molecular complexity index is 388. The van der Waals surface area contributed by atoms with Crippen molar-refractivity contribution in [2.45, 2.75) is 31.8 Å². The predicted octanol–water partition coefficient (Wildman–Crippen LogP) is 1.67. The normalized spacial score (nSPS) is 29.7. The zero-order chi connectivity index (χ0) is 11.1. The van der Waals surface area contributed by atoms with Crippen molar-refractivity contribution in [1.82, 2.24) is 5.32 Å². The Hall–Kier alpha value is -0.870. The SMILES string of the molecule is COC(=O)[C@]1(C)N[C@H](C)Cc2ccsc21. The van der Waals surface area contributed by atoms with Gasteiger partial charge in [-0.1, -0.05) is 0 Å². The number of ether oxygens (including phenoxy) is 1. The first-order valence-corrected chi connectivity index (χ1v) is 5.89. The maximum absolute atomic E-state index is 11.8. The van der Waals surface area contributed by atoms with Crippen LogP contribution >= 0.6 is 11.3 Å². The van der Waals surface area contributed by atoms with E-state index < -0.39 is 5.54 Å². The van der Waals surface area contributed by atoms with Gasteiger partial charge >= 0.3 is 5.97 Å². The minimum Gasteiger partial charge on any atom is -0.467 e. The maximum atomic E-state index is 11.8. The fraction of sp³-hybridized carbons (Fsp3) is 0.545. The lowest BCUT2D eigenvalue weighted by Gasteiger charge is -2.35. The molecule has 0 spiro atoms. The highest BCUT2D eigenvalue weighted by Crippen LogP contribution is 2.35. The highest BCUT2D eigenvalue weighted by Gasteiger charge is 2.43. The Morgan fingerprint density at radius 2 is 2.47 bits per heavy atom. The zero-order valence-electron chi connectivity index (χ0n) is 9.16. The van der Waals surface area contributed by atoms with E-state index in [1.165, 1.54) is 12.7 Å². The van der Waals surface area contributed by atoms with Crippen molar-refractivity contribution < 1.29 is 9.53 Å². The monoisotopic (exact) mass is 225 g/mol. The number of hydrogen-bond donors (Lipinski definition) is 1. The van der Waals surface area contributed by atoms with E-state index in [4.69, 9.17) is 4.74 Å². The molecular weight excluding hydrogens is 210 g/mol. The van der Waals surface area contributed by atoms with Gasteiger partial charge in [0.1, 0.15) is 5.54 Å². The number of carbonyl (C=O) groups excluding carboxylic acids is 1. The molecule has 0 bridgehead atoms. The van der Waals surface area contributed by atoms with E-state index in [0.717, 1.165) is 11.3 Å². The number of fused-ring (bicyclic) bond motifs is 1. The average molecular weight is 225 g/mol. The first-order valence-electron chi connectivity index (χ1n) is 5.01. The zero-order valence-corrected chi connectivity index (χ0v) is 9.98. The van der Waals surface area contributed by atoms with Gasteiger partial charge in [0, 0.05) is 10.9 Å². The summed E-state index contributed by atoms with van der Waals surface area (Å²) < 4.78 is 4.87. The minimum absolute atomic E-state index is 0.210. The molecule has 3 nitrogen and oxygen atoms in total. The second-order valence-electron chi connectivity index (χ2n) is 4.14. The van der Waals surface area contributed by atoms with Crippen LogP contribution in [0.4, 0.5) is 0 Å². The van der Waals surface area contributed by atoms with E-state index >= 15 is 0 Å². The van der Waals surface area contributed by atoms with Gasteiger partial charge in [-0.2, -0.15) is 0 Å². The molecule has 0 aliphatic carbocycles. The Morgan fingerprint density at radius 1 is 1.73 bits per heavy atom. The van der Waals surface area contributed by atoms with Gasteiger partial charge in [-0.3, -0.25) is 5.32 Å². The van der Waals surface area contributed by atoms with Gasteiger partial charge < -0.3 is 4.74 Å². The molecule has 1 aromatic rings. The molecule has 0 aromatic carbocycles. The first-order chi connectivity index (χ1) is 7.08. The van der Waals surface area contributed by atoms with Crippen LogP contribution in [0.2, 0.25) is 0 Å². The van der Waals surface area contributed by atoms with Crippen LogP contribution in [-0.2, 0) is 21.5 Å². The quantitative estimate of drug-likeness (QED) is 0.739. The van der Waals surface area contributed by atoms with Crippen molar-refractivity contribution in [3.05, 3.63) is 21.9 Å². The van der Waals surface area contributed by atoms with Crippen molar-refractivity contribution in [3.63, 3.8) is 0 Å². The molecule has 2 rings (SSSR count). The van der Waals surface area contributed by atoms with E-state index in [2.05, 4.69) is 18.3 Å². The van der Waals surface area contributed by atoms with E-state index in [1.807, 2.05) is 12.3 Å². The summed E-state index contributed by atoms with van der Waals surface area (Å²) in [6, 6.07) is 2.40. The topological polar surface area (TPSA) is 38.3 Å². The van der Waals surface area contributed by atoms with Gasteiger partial charge in [-0.25, -0.2) is 4.79 Å². The van der Waals surface area contributed by atoms with Crippen LogP contribution in [-0.4, -0.2) is 19.1 Å². The lowest BCUT2D eigenvalue weighted by atomic mass is 9.88. The van der Waals surface area contributed by atoms with Gasteiger partial charge in [0.15, 0.2) is 0 Å². The average Bonchev–Trinajstić information content (AvgIpc) is 2.64. The molecule has 2 atom stereocenters. The fourth-order valence-electron chi connectivity index (χ4n) is 2.23. The van der Waals surface area contributed by atoms with Crippen LogP contribution < -0.4 is 5.32 Å². The largest absolute Gasteiger partial charge is 0.467 e. The van der Waals surface area contributed by atoms with Crippen molar-refractivity contribution in [1.29, 1.82) is 0 Å². The van der Waals surface area contributed by atoms with Crippen molar-refractivity contribution in [3.8, 4) is 0 Å². The van der Waals surface area contributed by atoms with Gasteiger partial charge in [0.05, 0.1) is 7.11 Å². The number of rotatable bonds is 1. The Labute approximate surface area is 93.4 Å². The predicted molar refractivity (Wildman–Crippen MR) is 60.0 cm³/mol. The molecule has 0 saturated heterocycles. The summed E-state index contributed by atoms with van der Waals surface area (Å²) in [6.45, 7) is 3.98. The molecule has 1 aliphatic rings. The van der Waals surface area contributed by atoms with Crippen LogP contribution in [0.3, 0.4) is 0 Å². The number of esters is 1. The van der Waals surface area contributed by atoms with E-state index in [1.54, 1.807) is 11.3 Å². The number of methoxy groups -OCH3 is 1. The Balaban J connectivity index is 2.47. The summed E-state index contributed by atoms with van der Waals surface area (Å²) in [7, 11) is 1.43. The van der Waals surface area contributed by atoms with Crippen molar-refractivity contribution in [2.24, 2.45) is 0 Å². The summed E-state index contributed by atoms with van der Waals surface area (Å²) in [5.74, 6) is -0.210. The van der Waals surface area contributed by atoms with Crippen LogP contribution in [0.25, 0.3) is 0 Å². The Kier molecular flexibility index (Phi) is 2.56. The molecule has 1 aliphatic heterocycles. The Morgan fingerprint density at radius 3 is 3.13 bits per heavy atom. The van der Waals surface area contributed by atoms with Gasteiger partial charge in [0.2, 0.25) is 0 Å². The van der Waals surface area contributed by atoms with Gasteiger partial charge in [0.25, 0.3) is 0 Å². The first kappa shape index (κ1) is 10.6. The molecule has 15 heavy (non-hydrogen) atoms. The summed E-state index contributed by atoms with van der Waals surface area (Å²) >= 11 is 1.61. The molecule has 0 amide bonds. The summed E-state index contributed by atoms with van der Waals surface area (Å²) in [5.41, 5.74) is 0.592. The summed E-state index contributed by atoms with van der Waals surface area (Å²) in [6.07, 6.45) is 0.978. The third-order valence-electron chi connectivity index (χ3n) is 2.86. The second-order valence-corrected chi connectivity index (χ2v) is 5.06. The highest BCUT2D eigenvalue weighted by atomic mass is 32.1. The standard InChI is InChI=1S/C11H15NO2S/c1-7-6-8-4-5-15-9(8)11(2,12-7)10(13)14-3/h4-5,7,12H,6H2,1-3H3/t7-,11-/m1/s1. The molecule has 82 valence electrons. The van der Waals surface area contributed by atoms with Crippen molar-refractivity contribution >= 4 is 17.3 Å². The lowest BCUT2D eigenvalue weighted by Crippen LogP contribution is -2.54. The molecule has 4 heteroatoms. The molecule has 1 aromatic heterocycles. The van der Waals surface area contributed by atoms with Crippen molar-refractivity contribution in [2.75, 3.05) is 7.11 Å². The minimum atomic E-state index is -0.671. The third kappa shape index (κ3) is 1.58. The molecule has 0 unspecified atom stereocenters. The molecule has 0 saturated carbocycles. The fourth-order valence-corrected chi connectivity index (χ4v) is 3.28. The molecule has 1 N–H and O–H groups in total. The number of nitrogens with one attached hydrogen (secondary N) is 1. The van der Waals surface area contributed by atoms with E-state index in [0.29, 0.717) is 6.04 Å². The second kappa shape index (κ2) is 3.61. The number of hydrogen-bond acceptors (Lipinski definition) is 4. The van der Waals surface area contributed by atoms with Crippen LogP contribution in [0.1, 0.15) is 24.3 Å². The molecule has 0 fully saturated rings. The number of carbonyl (C=O) groups is 1. The van der Waals surface area contributed by atoms with Gasteiger partial charge in [-0.15, -0.1) is 11.3 Å². The summed E-state index contributed by atoms with van der Waals surface area (Å²) in [5, 5.41) is 5.35. The van der Waals surface area contributed by atoms with Crippen LogP contribution in [0.5, 0.6) is 0 Å². The summed E-state index contributed by atoms with van der Waals surface area (Å²) in [4.78, 5) is 12.9. The molecular formula is C11H15NO2S. The third-order valence-corrected chi connectivity index (χ3v) is 4.03. The molecule has 0 radical (unpaired) electrons. The maximum Gasteiger partial charge on any atom is 0.331 e. The van der Waals surface area contributed by atoms with Gasteiger partial charge in [-0.05, 0) is 37.3 Å². The lowest BCUT2D eigenvalue weighted by molar-refractivity contribution is -0.148.